The number of carbonyl (C=O) groups excluding carboxylic acids is 1. The summed E-state index contributed by atoms with van der Waals surface area (Å²) < 4.78 is 0. The van der Waals surface area contributed by atoms with Crippen LogP contribution in [0.5, 0.6) is 0 Å². The molecule has 0 saturated carbocycles. The molecule has 0 spiro atoms. The number of pyridine rings is 1. The molecular formula is C20H27N3O. The van der Waals surface area contributed by atoms with Crippen LogP contribution in [-0.4, -0.2) is 30.5 Å². The fourth-order valence-electron chi connectivity index (χ4n) is 3.59. The molecule has 4 heteroatoms. The molecular weight excluding hydrogens is 298 g/mol. The molecule has 1 unspecified atom stereocenters. The topological polar surface area (TPSA) is 45.2 Å². The van der Waals surface area contributed by atoms with Crippen LogP contribution >= 0.6 is 0 Å². The van der Waals surface area contributed by atoms with Gasteiger partial charge in [-0.25, -0.2) is 0 Å². The molecule has 1 fully saturated rings. The highest BCUT2D eigenvalue weighted by Crippen LogP contribution is 2.30. The first-order valence-electron chi connectivity index (χ1n) is 9.05. The van der Waals surface area contributed by atoms with Crippen LogP contribution < -0.4 is 10.2 Å². The lowest BCUT2D eigenvalue weighted by Crippen LogP contribution is -2.40. The van der Waals surface area contributed by atoms with Crippen molar-refractivity contribution >= 4 is 22.5 Å². The number of rotatable bonds is 5. The van der Waals surface area contributed by atoms with E-state index in [0.717, 1.165) is 38.0 Å². The zero-order valence-corrected chi connectivity index (χ0v) is 14.7. The van der Waals surface area contributed by atoms with Gasteiger partial charge in [-0.3, -0.25) is 9.78 Å². The molecule has 1 amide bonds. The first-order valence-corrected chi connectivity index (χ1v) is 9.05. The Morgan fingerprint density at radius 3 is 3.00 bits per heavy atom. The Balaban J connectivity index is 1.88. The van der Waals surface area contributed by atoms with E-state index < -0.39 is 0 Å². The highest BCUT2D eigenvalue weighted by molar-refractivity contribution is 5.92. The van der Waals surface area contributed by atoms with Gasteiger partial charge in [0.1, 0.15) is 0 Å². The highest BCUT2D eigenvalue weighted by atomic mass is 16.1. The van der Waals surface area contributed by atoms with Crippen LogP contribution in [0.15, 0.2) is 30.3 Å². The molecule has 1 aliphatic rings. The number of nitrogens with one attached hydrogen (secondary N) is 1. The van der Waals surface area contributed by atoms with Crippen molar-refractivity contribution in [2.45, 2.75) is 39.5 Å². The highest BCUT2D eigenvalue weighted by Gasteiger charge is 2.22. The van der Waals surface area contributed by atoms with E-state index in [1.165, 1.54) is 29.6 Å². The number of piperidine rings is 1. The van der Waals surface area contributed by atoms with Crippen molar-refractivity contribution in [1.82, 2.24) is 10.3 Å². The summed E-state index contributed by atoms with van der Waals surface area (Å²) in [6, 6.07) is 10.7. The van der Waals surface area contributed by atoms with Gasteiger partial charge in [0, 0.05) is 43.3 Å². The third kappa shape index (κ3) is 3.86. The predicted octanol–water partition coefficient (Wildman–Crippen LogP) is 3.54. The lowest BCUT2D eigenvalue weighted by Gasteiger charge is -2.35. The van der Waals surface area contributed by atoms with Gasteiger partial charge in [-0.05, 0) is 37.3 Å². The molecule has 2 aromatic rings. The summed E-state index contributed by atoms with van der Waals surface area (Å²) in [5.41, 5.74) is 3.56. The fraction of sp³-hybridized carbons (Fsp3) is 0.500. The van der Waals surface area contributed by atoms with Crippen LogP contribution in [0.1, 0.15) is 38.8 Å². The van der Waals surface area contributed by atoms with Gasteiger partial charge < -0.3 is 10.2 Å². The van der Waals surface area contributed by atoms with Gasteiger partial charge in [0.05, 0.1) is 5.52 Å². The van der Waals surface area contributed by atoms with Gasteiger partial charge in [-0.2, -0.15) is 0 Å². The molecule has 1 atom stereocenters. The Labute approximate surface area is 144 Å². The van der Waals surface area contributed by atoms with E-state index >= 15 is 0 Å². The number of amides is 1. The number of carbonyl (C=O) groups is 1. The van der Waals surface area contributed by atoms with Crippen molar-refractivity contribution in [3.8, 4) is 0 Å². The first-order chi connectivity index (χ1) is 11.7. The monoisotopic (exact) mass is 325 g/mol. The van der Waals surface area contributed by atoms with E-state index in [0.29, 0.717) is 5.92 Å². The minimum absolute atomic E-state index is 0.0618. The summed E-state index contributed by atoms with van der Waals surface area (Å²) in [6.45, 7) is 6.64. The summed E-state index contributed by atoms with van der Waals surface area (Å²) in [5, 5.41) is 4.21. The summed E-state index contributed by atoms with van der Waals surface area (Å²) in [7, 11) is 0. The maximum atomic E-state index is 11.2. The van der Waals surface area contributed by atoms with Crippen LogP contribution in [0.3, 0.4) is 0 Å². The Hall–Kier alpha value is -2.10. The molecule has 3 rings (SSSR count). The van der Waals surface area contributed by atoms with Crippen LogP contribution in [0.25, 0.3) is 10.9 Å². The molecule has 0 radical (unpaired) electrons. The predicted molar refractivity (Wildman–Crippen MR) is 99.4 cm³/mol. The normalized spacial score (nSPS) is 17.9. The summed E-state index contributed by atoms with van der Waals surface area (Å²) in [4.78, 5) is 18.5. The number of aryl methyl sites for hydroxylation is 1. The quantitative estimate of drug-likeness (QED) is 0.914. The molecule has 1 aliphatic heterocycles. The van der Waals surface area contributed by atoms with E-state index in [9.17, 15) is 4.79 Å². The Bertz CT molecular complexity index is 713. The van der Waals surface area contributed by atoms with E-state index in [-0.39, 0.29) is 5.91 Å². The number of para-hydroxylation sites is 1. The van der Waals surface area contributed by atoms with Gasteiger partial charge in [-0.15, -0.1) is 0 Å². The number of nitrogens with zero attached hydrogens (tertiary/aromatic N) is 2. The second kappa shape index (κ2) is 7.65. The number of aromatic nitrogens is 1. The smallest absolute Gasteiger partial charge is 0.216 e. The number of benzene rings is 1. The fourth-order valence-corrected chi connectivity index (χ4v) is 3.59. The zero-order valence-electron chi connectivity index (χ0n) is 14.7. The van der Waals surface area contributed by atoms with Crippen molar-refractivity contribution in [2.24, 2.45) is 5.92 Å². The van der Waals surface area contributed by atoms with Crippen molar-refractivity contribution in [1.29, 1.82) is 0 Å². The van der Waals surface area contributed by atoms with Crippen LogP contribution in [0.2, 0.25) is 0 Å². The molecule has 24 heavy (non-hydrogen) atoms. The number of fused-ring (bicyclic) bond motifs is 1. The third-order valence-corrected chi connectivity index (χ3v) is 4.75. The average Bonchev–Trinajstić information content (AvgIpc) is 2.60. The standard InChI is InChI=1S/C20H27N3O/c1-3-7-17-12-20(18-9-4-5-10-19(18)22-17)23-11-6-8-16(14-23)13-21-15(2)24/h4-5,9-10,12,16H,3,6-8,11,13-14H2,1-2H3,(H,21,24). The second-order valence-electron chi connectivity index (χ2n) is 6.79. The molecule has 0 bridgehead atoms. The van der Waals surface area contributed by atoms with Gasteiger partial charge in [-0.1, -0.05) is 31.5 Å². The summed E-state index contributed by atoms with van der Waals surface area (Å²) in [5.74, 6) is 0.580. The van der Waals surface area contributed by atoms with E-state index in [1.807, 2.05) is 0 Å². The molecule has 1 aromatic carbocycles. The minimum atomic E-state index is 0.0618. The largest absolute Gasteiger partial charge is 0.371 e. The molecule has 128 valence electrons. The molecule has 1 aromatic heterocycles. The molecule has 4 nitrogen and oxygen atoms in total. The third-order valence-electron chi connectivity index (χ3n) is 4.75. The zero-order chi connectivity index (χ0) is 16.9. The second-order valence-corrected chi connectivity index (χ2v) is 6.79. The Kier molecular flexibility index (Phi) is 5.34. The SMILES string of the molecule is CCCc1cc(N2CCCC(CNC(C)=O)C2)c2ccccc2n1. The average molecular weight is 325 g/mol. The van der Waals surface area contributed by atoms with E-state index in [2.05, 4.69) is 47.5 Å². The lowest BCUT2D eigenvalue weighted by molar-refractivity contribution is -0.119. The van der Waals surface area contributed by atoms with Gasteiger partial charge in [0.2, 0.25) is 5.91 Å². The summed E-state index contributed by atoms with van der Waals surface area (Å²) in [6.07, 6.45) is 4.47. The maximum absolute atomic E-state index is 11.2. The minimum Gasteiger partial charge on any atom is -0.371 e. The first kappa shape index (κ1) is 16.7. The number of anilines is 1. The molecule has 2 heterocycles. The number of hydrogen-bond donors (Lipinski definition) is 1. The van der Waals surface area contributed by atoms with Crippen LogP contribution in [-0.2, 0) is 11.2 Å². The molecule has 0 aliphatic carbocycles. The van der Waals surface area contributed by atoms with Gasteiger partial charge in [0.15, 0.2) is 0 Å². The Morgan fingerprint density at radius 2 is 2.21 bits per heavy atom. The van der Waals surface area contributed by atoms with Crippen molar-refractivity contribution < 1.29 is 4.79 Å². The summed E-state index contributed by atoms with van der Waals surface area (Å²) >= 11 is 0. The molecule has 1 N–H and O–H groups in total. The Morgan fingerprint density at radius 1 is 1.38 bits per heavy atom. The van der Waals surface area contributed by atoms with Gasteiger partial charge in [0.25, 0.3) is 0 Å². The maximum Gasteiger partial charge on any atom is 0.216 e. The van der Waals surface area contributed by atoms with E-state index in [4.69, 9.17) is 4.98 Å². The van der Waals surface area contributed by atoms with Crippen molar-refractivity contribution in [3.05, 3.63) is 36.0 Å². The number of hydrogen-bond acceptors (Lipinski definition) is 3. The van der Waals surface area contributed by atoms with Crippen LogP contribution in [0.4, 0.5) is 5.69 Å². The van der Waals surface area contributed by atoms with E-state index in [1.54, 1.807) is 6.92 Å². The lowest BCUT2D eigenvalue weighted by atomic mass is 9.96. The van der Waals surface area contributed by atoms with Gasteiger partial charge >= 0.3 is 0 Å². The van der Waals surface area contributed by atoms with Crippen molar-refractivity contribution in [3.63, 3.8) is 0 Å². The van der Waals surface area contributed by atoms with Crippen molar-refractivity contribution in [2.75, 3.05) is 24.5 Å². The van der Waals surface area contributed by atoms with Crippen LogP contribution in [0, 0.1) is 5.92 Å². The molecule has 1 saturated heterocycles.